The van der Waals surface area contributed by atoms with E-state index in [0.29, 0.717) is 13.2 Å². The van der Waals surface area contributed by atoms with Crippen molar-refractivity contribution in [2.45, 2.75) is 32.1 Å². The van der Waals surface area contributed by atoms with Gasteiger partial charge in [0.15, 0.2) is 0 Å². The molecule has 112 valence electrons. The molecule has 0 aliphatic heterocycles. The van der Waals surface area contributed by atoms with Crippen LogP contribution in [0.1, 0.15) is 32.1 Å². The van der Waals surface area contributed by atoms with Gasteiger partial charge in [-0.15, -0.1) is 0 Å². The number of hydrogen-bond acceptors (Lipinski definition) is 3. The van der Waals surface area contributed by atoms with Crippen LogP contribution in [0, 0.1) is 5.92 Å². The van der Waals surface area contributed by atoms with Crippen LogP contribution in [0.3, 0.4) is 0 Å². The van der Waals surface area contributed by atoms with E-state index in [1.165, 1.54) is 32.1 Å². The van der Waals surface area contributed by atoms with Gasteiger partial charge in [0.05, 0.1) is 13.2 Å². The highest BCUT2D eigenvalue weighted by Crippen LogP contribution is 2.22. The maximum atomic E-state index is 5.56. The van der Waals surface area contributed by atoms with Gasteiger partial charge in [-0.05, 0) is 37.4 Å². The first kappa shape index (κ1) is 15.3. The number of nitrogens with one attached hydrogen (secondary N) is 1. The molecular formula is C17H27NO2. The van der Waals surface area contributed by atoms with Crippen LogP contribution in [0.25, 0.3) is 0 Å². The average molecular weight is 277 g/mol. The van der Waals surface area contributed by atoms with E-state index >= 15 is 0 Å². The van der Waals surface area contributed by atoms with E-state index in [4.69, 9.17) is 9.47 Å². The van der Waals surface area contributed by atoms with Crippen molar-refractivity contribution in [3.05, 3.63) is 30.3 Å². The van der Waals surface area contributed by atoms with E-state index in [1.807, 2.05) is 30.3 Å². The van der Waals surface area contributed by atoms with Crippen molar-refractivity contribution in [3.63, 3.8) is 0 Å². The summed E-state index contributed by atoms with van der Waals surface area (Å²) in [7, 11) is 0. The van der Waals surface area contributed by atoms with Gasteiger partial charge in [-0.1, -0.05) is 37.5 Å². The van der Waals surface area contributed by atoms with Gasteiger partial charge in [0.2, 0.25) is 0 Å². The molecule has 3 nitrogen and oxygen atoms in total. The zero-order valence-electron chi connectivity index (χ0n) is 12.4. The molecule has 0 saturated heterocycles. The normalized spacial score (nSPS) is 16.2. The Morgan fingerprint density at radius 3 is 2.55 bits per heavy atom. The third-order valence-corrected chi connectivity index (χ3v) is 3.82. The lowest BCUT2D eigenvalue weighted by Gasteiger charge is -2.21. The second-order valence-corrected chi connectivity index (χ2v) is 5.48. The van der Waals surface area contributed by atoms with Gasteiger partial charge in [0.25, 0.3) is 0 Å². The molecule has 0 heterocycles. The molecule has 1 aromatic rings. The molecule has 2 rings (SSSR count). The van der Waals surface area contributed by atoms with Gasteiger partial charge in [-0.3, -0.25) is 0 Å². The van der Waals surface area contributed by atoms with Gasteiger partial charge < -0.3 is 14.8 Å². The Bertz CT molecular complexity index is 336. The fourth-order valence-electron chi connectivity index (χ4n) is 2.68. The van der Waals surface area contributed by atoms with Crippen molar-refractivity contribution in [3.8, 4) is 5.75 Å². The Hall–Kier alpha value is -1.06. The van der Waals surface area contributed by atoms with E-state index in [1.54, 1.807) is 0 Å². The topological polar surface area (TPSA) is 30.5 Å². The SMILES string of the molecule is c1ccc(OCCOCCNCC2CCCCC2)cc1. The lowest BCUT2D eigenvalue weighted by atomic mass is 9.89. The first-order valence-corrected chi connectivity index (χ1v) is 7.91. The molecule has 0 spiro atoms. The molecular weight excluding hydrogens is 250 g/mol. The number of rotatable bonds is 9. The van der Waals surface area contributed by atoms with Crippen molar-refractivity contribution < 1.29 is 9.47 Å². The van der Waals surface area contributed by atoms with Crippen molar-refractivity contribution in [2.24, 2.45) is 5.92 Å². The van der Waals surface area contributed by atoms with Gasteiger partial charge >= 0.3 is 0 Å². The fourth-order valence-corrected chi connectivity index (χ4v) is 2.68. The smallest absolute Gasteiger partial charge is 0.119 e. The van der Waals surface area contributed by atoms with Gasteiger partial charge in [-0.25, -0.2) is 0 Å². The first-order valence-electron chi connectivity index (χ1n) is 7.91. The summed E-state index contributed by atoms with van der Waals surface area (Å²) in [6.45, 7) is 4.14. The lowest BCUT2D eigenvalue weighted by molar-refractivity contribution is 0.101. The highest BCUT2D eigenvalue weighted by atomic mass is 16.5. The molecule has 1 fully saturated rings. The summed E-state index contributed by atoms with van der Waals surface area (Å²) in [4.78, 5) is 0. The minimum Gasteiger partial charge on any atom is -0.491 e. The predicted octanol–water partition coefficient (Wildman–Crippen LogP) is 3.25. The standard InChI is InChI=1S/C17H27NO2/c1-3-7-16(8-4-1)15-18-11-12-19-13-14-20-17-9-5-2-6-10-17/h2,5-6,9-10,16,18H,1,3-4,7-8,11-15H2. The Morgan fingerprint density at radius 1 is 0.950 bits per heavy atom. The van der Waals surface area contributed by atoms with E-state index < -0.39 is 0 Å². The molecule has 0 unspecified atom stereocenters. The van der Waals surface area contributed by atoms with E-state index in [0.717, 1.165) is 31.4 Å². The number of benzene rings is 1. The van der Waals surface area contributed by atoms with Crippen LogP contribution in [-0.4, -0.2) is 32.9 Å². The van der Waals surface area contributed by atoms with E-state index in [9.17, 15) is 0 Å². The zero-order chi connectivity index (χ0) is 13.9. The fraction of sp³-hybridized carbons (Fsp3) is 0.647. The number of para-hydroxylation sites is 1. The van der Waals surface area contributed by atoms with E-state index in [2.05, 4.69) is 5.32 Å². The molecule has 1 saturated carbocycles. The van der Waals surface area contributed by atoms with Crippen molar-refractivity contribution in [2.75, 3.05) is 32.9 Å². The average Bonchev–Trinajstić information content (AvgIpc) is 2.52. The second kappa shape index (κ2) is 9.78. The van der Waals surface area contributed by atoms with Crippen LogP contribution in [0.2, 0.25) is 0 Å². The summed E-state index contributed by atoms with van der Waals surface area (Å²) in [5, 5.41) is 3.50. The Kier molecular flexibility index (Phi) is 7.50. The molecule has 0 aromatic heterocycles. The molecule has 0 radical (unpaired) electrons. The van der Waals surface area contributed by atoms with E-state index in [-0.39, 0.29) is 0 Å². The third kappa shape index (κ3) is 6.40. The van der Waals surface area contributed by atoms with Crippen LogP contribution in [-0.2, 0) is 4.74 Å². The minimum absolute atomic E-state index is 0.618. The molecule has 20 heavy (non-hydrogen) atoms. The summed E-state index contributed by atoms with van der Waals surface area (Å²) in [6.07, 6.45) is 7.07. The van der Waals surface area contributed by atoms with Gasteiger partial charge in [-0.2, -0.15) is 0 Å². The third-order valence-electron chi connectivity index (χ3n) is 3.82. The lowest BCUT2D eigenvalue weighted by Crippen LogP contribution is -2.27. The molecule has 1 aliphatic carbocycles. The summed E-state index contributed by atoms with van der Waals surface area (Å²) < 4.78 is 11.1. The number of ether oxygens (including phenoxy) is 2. The molecule has 1 N–H and O–H groups in total. The molecule has 1 aromatic carbocycles. The highest BCUT2D eigenvalue weighted by Gasteiger charge is 2.12. The maximum absolute atomic E-state index is 5.56. The molecule has 3 heteroatoms. The van der Waals surface area contributed by atoms with Crippen LogP contribution in [0.4, 0.5) is 0 Å². The second-order valence-electron chi connectivity index (χ2n) is 5.48. The first-order chi connectivity index (χ1) is 9.95. The van der Waals surface area contributed by atoms with Crippen LogP contribution in [0.15, 0.2) is 30.3 Å². The summed E-state index contributed by atoms with van der Waals surface area (Å²) >= 11 is 0. The van der Waals surface area contributed by atoms with Crippen LogP contribution in [0.5, 0.6) is 5.75 Å². The molecule has 1 aliphatic rings. The van der Waals surface area contributed by atoms with Gasteiger partial charge in [0, 0.05) is 6.54 Å². The number of hydrogen-bond donors (Lipinski definition) is 1. The maximum Gasteiger partial charge on any atom is 0.119 e. The Labute approximate surface area is 122 Å². The summed E-state index contributed by atoms with van der Waals surface area (Å²) in [6, 6.07) is 9.87. The zero-order valence-corrected chi connectivity index (χ0v) is 12.4. The molecule has 0 bridgehead atoms. The molecule has 0 atom stereocenters. The van der Waals surface area contributed by atoms with Crippen molar-refractivity contribution >= 4 is 0 Å². The highest BCUT2D eigenvalue weighted by molar-refractivity contribution is 5.20. The van der Waals surface area contributed by atoms with Crippen LogP contribution >= 0.6 is 0 Å². The quantitative estimate of drug-likeness (QED) is 0.703. The predicted molar refractivity (Wildman–Crippen MR) is 82.2 cm³/mol. The minimum atomic E-state index is 0.618. The van der Waals surface area contributed by atoms with Gasteiger partial charge in [0.1, 0.15) is 12.4 Å². The van der Waals surface area contributed by atoms with Crippen molar-refractivity contribution in [1.82, 2.24) is 5.32 Å². The Morgan fingerprint density at radius 2 is 1.75 bits per heavy atom. The monoisotopic (exact) mass is 277 g/mol. The van der Waals surface area contributed by atoms with Crippen molar-refractivity contribution in [1.29, 1.82) is 0 Å². The summed E-state index contributed by atoms with van der Waals surface area (Å²) in [5.41, 5.74) is 0. The largest absolute Gasteiger partial charge is 0.491 e. The molecule has 0 amide bonds. The Balaban J connectivity index is 1.38. The van der Waals surface area contributed by atoms with Crippen LogP contribution < -0.4 is 10.1 Å². The summed E-state index contributed by atoms with van der Waals surface area (Å²) in [5.74, 6) is 1.80.